The maximum Gasteiger partial charge on any atom is 0.136 e. The highest BCUT2D eigenvalue weighted by molar-refractivity contribution is 6.35. The van der Waals surface area contributed by atoms with Crippen LogP contribution in [0.25, 0.3) is 0 Å². The molecule has 3 nitrogen and oxygen atoms in total. The number of nitrogens with one attached hydrogen (secondary N) is 1. The molecule has 2 aromatic rings. The monoisotopic (exact) mass is 396 g/mol. The van der Waals surface area contributed by atoms with Gasteiger partial charge in [-0.15, -0.1) is 0 Å². The van der Waals surface area contributed by atoms with Crippen molar-refractivity contribution in [3.05, 3.63) is 57.0 Å². The smallest absolute Gasteiger partial charge is 0.136 e. The van der Waals surface area contributed by atoms with Crippen molar-refractivity contribution in [3.63, 3.8) is 0 Å². The fourth-order valence-electron chi connectivity index (χ4n) is 3.00. The number of halogens is 3. The van der Waals surface area contributed by atoms with E-state index in [4.69, 9.17) is 34.8 Å². The number of rotatable bonds is 4. The lowest BCUT2D eigenvalue weighted by Gasteiger charge is -2.29. The Morgan fingerprint density at radius 3 is 2.40 bits per heavy atom. The molecule has 1 saturated heterocycles. The van der Waals surface area contributed by atoms with Gasteiger partial charge in [0.05, 0.1) is 16.8 Å². The summed E-state index contributed by atoms with van der Waals surface area (Å²) < 4.78 is 0. The normalized spacial score (nSPS) is 16.0. The largest absolute Gasteiger partial charge is 0.377 e. The van der Waals surface area contributed by atoms with Crippen molar-refractivity contribution < 1.29 is 4.79 Å². The first-order chi connectivity index (χ1) is 11.9. The SMILES string of the molecule is CC(Nc1cc(N2CCC(=O)CC2)ccc1Cl)c1ccc(Cl)cc1Cl. The predicted molar refractivity (Wildman–Crippen MR) is 106 cm³/mol. The molecule has 25 heavy (non-hydrogen) atoms. The zero-order valence-electron chi connectivity index (χ0n) is 13.9. The van der Waals surface area contributed by atoms with Crippen molar-refractivity contribution in [2.45, 2.75) is 25.8 Å². The van der Waals surface area contributed by atoms with Crippen LogP contribution in [0, 0.1) is 0 Å². The third-order valence-electron chi connectivity index (χ3n) is 4.44. The van der Waals surface area contributed by atoms with Crippen molar-refractivity contribution in [2.24, 2.45) is 0 Å². The number of hydrogen-bond acceptors (Lipinski definition) is 3. The minimum Gasteiger partial charge on any atom is -0.377 e. The minimum absolute atomic E-state index is 0.0274. The first-order valence-corrected chi connectivity index (χ1v) is 9.35. The van der Waals surface area contributed by atoms with Crippen LogP contribution in [0.15, 0.2) is 36.4 Å². The molecule has 1 aliphatic heterocycles. The Morgan fingerprint density at radius 1 is 1.00 bits per heavy atom. The summed E-state index contributed by atoms with van der Waals surface area (Å²) in [5.41, 5.74) is 2.86. The van der Waals surface area contributed by atoms with Crippen molar-refractivity contribution in [1.82, 2.24) is 0 Å². The van der Waals surface area contributed by atoms with E-state index in [1.807, 2.05) is 37.3 Å². The van der Waals surface area contributed by atoms with Gasteiger partial charge in [0.15, 0.2) is 0 Å². The van der Waals surface area contributed by atoms with E-state index < -0.39 is 0 Å². The molecule has 0 amide bonds. The predicted octanol–water partition coefficient (Wildman–Crippen LogP) is 5.99. The first-order valence-electron chi connectivity index (χ1n) is 8.22. The minimum atomic E-state index is -0.0274. The molecular formula is C19H19Cl3N2O. The highest BCUT2D eigenvalue weighted by Crippen LogP contribution is 2.33. The van der Waals surface area contributed by atoms with Crippen molar-refractivity contribution in [3.8, 4) is 0 Å². The summed E-state index contributed by atoms with van der Waals surface area (Å²) in [5, 5.41) is 5.30. The van der Waals surface area contributed by atoms with Crippen LogP contribution in [0.3, 0.4) is 0 Å². The molecule has 1 heterocycles. The molecule has 0 aromatic heterocycles. The second-order valence-corrected chi connectivity index (χ2v) is 7.47. The van der Waals surface area contributed by atoms with Gasteiger partial charge in [-0.1, -0.05) is 40.9 Å². The van der Waals surface area contributed by atoms with E-state index in [0.717, 1.165) is 30.0 Å². The van der Waals surface area contributed by atoms with E-state index in [1.165, 1.54) is 0 Å². The van der Waals surface area contributed by atoms with E-state index in [0.29, 0.717) is 33.7 Å². The summed E-state index contributed by atoms with van der Waals surface area (Å²) >= 11 is 18.6. The van der Waals surface area contributed by atoms with E-state index in [9.17, 15) is 4.79 Å². The Balaban J connectivity index is 1.79. The third kappa shape index (κ3) is 4.41. The van der Waals surface area contributed by atoms with Crippen LogP contribution >= 0.6 is 34.8 Å². The standard InChI is InChI=1S/C19H19Cl3N2O/c1-12(16-4-2-13(20)10-18(16)22)23-19-11-14(3-5-17(19)21)24-8-6-15(25)7-9-24/h2-5,10-12,23H,6-9H2,1H3. The Kier molecular flexibility index (Phi) is 5.78. The molecule has 1 unspecified atom stereocenters. The van der Waals surface area contributed by atoms with E-state index in [-0.39, 0.29) is 6.04 Å². The second-order valence-electron chi connectivity index (χ2n) is 6.22. The van der Waals surface area contributed by atoms with Crippen LogP contribution in [0.5, 0.6) is 0 Å². The quantitative estimate of drug-likeness (QED) is 0.688. The molecule has 6 heteroatoms. The Morgan fingerprint density at radius 2 is 1.72 bits per heavy atom. The molecule has 0 bridgehead atoms. The number of carbonyl (C=O) groups excluding carboxylic acids is 1. The summed E-state index contributed by atoms with van der Waals surface area (Å²) in [5.74, 6) is 0.328. The van der Waals surface area contributed by atoms with Crippen molar-refractivity contribution in [2.75, 3.05) is 23.3 Å². The summed E-state index contributed by atoms with van der Waals surface area (Å²) in [7, 11) is 0. The molecule has 0 spiro atoms. The van der Waals surface area contributed by atoms with Gasteiger partial charge in [-0.3, -0.25) is 4.79 Å². The van der Waals surface area contributed by atoms with E-state index in [1.54, 1.807) is 6.07 Å². The lowest BCUT2D eigenvalue weighted by molar-refractivity contribution is -0.119. The molecule has 3 rings (SSSR count). The molecule has 1 atom stereocenters. The fourth-order valence-corrected chi connectivity index (χ4v) is 3.74. The molecule has 0 saturated carbocycles. The maximum atomic E-state index is 11.4. The van der Waals surface area contributed by atoms with Gasteiger partial charge >= 0.3 is 0 Å². The average Bonchev–Trinajstić information content (AvgIpc) is 2.57. The number of benzene rings is 2. The van der Waals surface area contributed by atoms with Gasteiger partial charge in [-0.05, 0) is 42.8 Å². The van der Waals surface area contributed by atoms with Crippen LogP contribution in [0.1, 0.15) is 31.4 Å². The van der Waals surface area contributed by atoms with Crippen molar-refractivity contribution in [1.29, 1.82) is 0 Å². The summed E-state index contributed by atoms with van der Waals surface area (Å²) in [6.07, 6.45) is 1.20. The fraction of sp³-hybridized carbons (Fsp3) is 0.316. The molecule has 1 aliphatic rings. The lowest BCUT2D eigenvalue weighted by atomic mass is 10.1. The molecule has 132 valence electrons. The average molecular weight is 398 g/mol. The van der Waals surface area contributed by atoms with Crippen LogP contribution in [0.2, 0.25) is 15.1 Å². The van der Waals surface area contributed by atoms with Crippen LogP contribution in [-0.4, -0.2) is 18.9 Å². The topological polar surface area (TPSA) is 32.3 Å². The lowest BCUT2D eigenvalue weighted by Crippen LogP contribution is -2.33. The van der Waals surface area contributed by atoms with Crippen LogP contribution in [0.4, 0.5) is 11.4 Å². The Labute approximate surface area is 162 Å². The molecular weight excluding hydrogens is 379 g/mol. The second kappa shape index (κ2) is 7.86. The Hall–Kier alpha value is -1.42. The molecule has 1 N–H and O–H groups in total. The number of anilines is 2. The third-order valence-corrected chi connectivity index (χ3v) is 5.33. The summed E-state index contributed by atoms with van der Waals surface area (Å²) in [6.45, 7) is 3.52. The van der Waals surface area contributed by atoms with Gasteiger partial charge in [0, 0.05) is 41.7 Å². The number of hydrogen-bond donors (Lipinski definition) is 1. The molecule has 0 radical (unpaired) electrons. The van der Waals surface area contributed by atoms with Gasteiger partial charge in [-0.25, -0.2) is 0 Å². The highest BCUT2D eigenvalue weighted by atomic mass is 35.5. The van der Waals surface area contributed by atoms with E-state index in [2.05, 4.69) is 10.2 Å². The van der Waals surface area contributed by atoms with Crippen LogP contribution in [-0.2, 0) is 4.79 Å². The zero-order valence-corrected chi connectivity index (χ0v) is 16.1. The molecule has 0 aliphatic carbocycles. The van der Waals surface area contributed by atoms with Gasteiger partial charge in [0.1, 0.15) is 5.78 Å². The number of Topliss-reactive ketones (excluding diaryl/α,β-unsaturated/α-hetero) is 1. The zero-order chi connectivity index (χ0) is 18.0. The van der Waals surface area contributed by atoms with Crippen molar-refractivity contribution >= 4 is 52.0 Å². The van der Waals surface area contributed by atoms with Gasteiger partial charge in [0.25, 0.3) is 0 Å². The maximum absolute atomic E-state index is 11.4. The van der Waals surface area contributed by atoms with Gasteiger partial charge in [0.2, 0.25) is 0 Å². The number of nitrogens with zero attached hydrogens (tertiary/aromatic N) is 1. The summed E-state index contributed by atoms with van der Waals surface area (Å²) in [6, 6.07) is 11.3. The Bertz CT molecular complexity index is 784. The number of carbonyl (C=O) groups is 1. The molecule has 2 aromatic carbocycles. The first kappa shape index (κ1) is 18.4. The molecule has 1 fully saturated rings. The number of ketones is 1. The van der Waals surface area contributed by atoms with Crippen LogP contribution < -0.4 is 10.2 Å². The summed E-state index contributed by atoms with van der Waals surface area (Å²) in [4.78, 5) is 13.6. The number of piperidine rings is 1. The van der Waals surface area contributed by atoms with Gasteiger partial charge in [-0.2, -0.15) is 0 Å². The van der Waals surface area contributed by atoms with E-state index >= 15 is 0 Å². The van der Waals surface area contributed by atoms with Gasteiger partial charge < -0.3 is 10.2 Å². The highest BCUT2D eigenvalue weighted by Gasteiger charge is 2.18.